The number of nitrogens with zero attached hydrogens (tertiary/aromatic N) is 3. The second-order valence-electron chi connectivity index (χ2n) is 5.42. The molecule has 0 spiro atoms. The van der Waals surface area contributed by atoms with E-state index in [0.29, 0.717) is 11.5 Å². The zero-order valence-electron chi connectivity index (χ0n) is 13.6. The Labute approximate surface area is 144 Å². The molecule has 1 heterocycles. The average molecular weight is 340 g/mol. The van der Waals surface area contributed by atoms with Crippen molar-refractivity contribution < 1.29 is 13.9 Å². The van der Waals surface area contributed by atoms with Gasteiger partial charge in [0.25, 0.3) is 0 Å². The first kappa shape index (κ1) is 16.6. The smallest absolute Gasteiger partial charge is 0.227 e. The molecule has 0 radical (unpaired) electrons. The van der Waals surface area contributed by atoms with E-state index in [1.165, 1.54) is 12.1 Å². The summed E-state index contributed by atoms with van der Waals surface area (Å²) in [4.78, 5) is 12.0. The number of para-hydroxylation sites is 1. The Bertz CT molecular complexity index is 879. The van der Waals surface area contributed by atoms with Gasteiger partial charge in [0.15, 0.2) is 17.4 Å². The molecule has 1 amide bonds. The molecule has 0 atom stereocenters. The van der Waals surface area contributed by atoms with E-state index in [9.17, 15) is 9.18 Å². The minimum atomic E-state index is -0.445. The van der Waals surface area contributed by atoms with Gasteiger partial charge in [0, 0.05) is 18.3 Å². The van der Waals surface area contributed by atoms with Crippen LogP contribution >= 0.6 is 0 Å². The standard InChI is InChI=1S/C18H17FN4O2/c1-23-12-20-22-18(23)13-5-4-6-14(11-13)21-17(24)9-10-25-16-8-3-2-7-15(16)19/h2-8,11-12H,9-10H2,1H3,(H,21,24). The van der Waals surface area contributed by atoms with E-state index in [1.807, 2.05) is 25.2 Å². The fraction of sp³-hybridized carbons (Fsp3) is 0.167. The lowest BCUT2D eigenvalue weighted by Crippen LogP contribution is -2.15. The maximum absolute atomic E-state index is 13.4. The summed E-state index contributed by atoms with van der Waals surface area (Å²) >= 11 is 0. The van der Waals surface area contributed by atoms with Crippen LogP contribution in [0.25, 0.3) is 11.4 Å². The average Bonchev–Trinajstić information content (AvgIpc) is 3.03. The number of halogens is 1. The number of anilines is 1. The van der Waals surface area contributed by atoms with Crippen LogP contribution in [0.4, 0.5) is 10.1 Å². The molecule has 3 rings (SSSR count). The number of nitrogens with one attached hydrogen (secondary N) is 1. The molecule has 25 heavy (non-hydrogen) atoms. The van der Waals surface area contributed by atoms with E-state index in [0.717, 1.165) is 5.56 Å². The summed E-state index contributed by atoms with van der Waals surface area (Å²) < 4.78 is 20.5. The lowest BCUT2D eigenvalue weighted by atomic mass is 10.2. The summed E-state index contributed by atoms with van der Waals surface area (Å²) in [5.74, 6) is 0.185. The summed E-state index contributed by atoms with van der Waals surface area (Å²) in [6.07, 6.45) is 1.73. The highest BCUT2D eigenvalue weighted by Crippen LogP contribution is 2.20. The molecule has 2 aromatic carbocycles. The number of benzene rings is 2. The molecule has 7 heteroatoms. The van der Waals surface area contributed by atoms with E-state index in [1.54, 1.807) is 29.1 Å². The Morgan fingerprint density at radius 1 is 1.24 bits per heavy atom. The van der Waals surface area contributed by atoms with Crippen LogP contribution < -0.4 is 10.1 Å². The van der Waals surface area contributed by atoms with E-state index >= 15 is 0 Å². The molecule has 0 aliphatic carbocycles. The highest BCUT2D eigenvalue weighted by molar-refractivity contribution is 5.91. The van der Waals surface area contributed by atoms with Crippen molar-refractivity contribution in [2.75, 3.05) is 11.9 Å². The zero-order valence-corrected chi connectivity index (χ0v) is 13.6. The molecule has 0 aliphatic rings. The molecule has 0 unspecified atom stereocenters. The predicted octanol–water partition coefficient (Wildman–Crippen LogP) is 3.03. The van der Waals surface area contributed by atoms with Gasteiger partial charge >= 0.3 is 0 Å². The highest BCUT2D eigenvalue weighted by Gasteiger charge is 2.08. The van der Waals surface area contributed by atoms with Crippen LogP contribution in [0.1, 0.15) is 6.42 Å². The van der Waals surface area contributed by atoms with E-state index in [4.69, 9.17) is 4.74 Å². The van der Waals surface area contributed by atoms with Gasteiger partial charge in [-0.05, 0) is 24.3 Å². The van der Waals surface area contributed by atoms with E-state index in [-0.39, 0.29) is 24.7 Å². The number of amides is 1. The molecular formula is C18H17FN4O2. The Kier molecular flexibility index (Phi) is 5.03. The lowest BCUT2D eigenvalue weighted by molar-refractivity contribution is -0.116. The normalized spacial score (nSPS) is 10.5. The maximum Gasteiger partial charge on any atom is 0.227 e. The van der Waals surface area contributed by atoms with Crippen LogP contribution in [0.3, 0.4) is 0 Å². The van der Waals surface area contributed by atoms with Gasteiger partial charge in [-0.2, -0.15) is 0 Å². The van der Waals surface area contributed by atoms with Crippen molar-refractivity contribution in [3.63, 3.8) is 0 Å². The summed E-state index contributed by atoms with van der Waals surface area (Å²) in [6, 6.07) is 13.4. The summed E-state index contributed by atoms with van der Waals surface area (Å²) in [6.45, 7) is 0.0930. The van der Waals surface area contributed by atoms with E-state index in [2.05, 4.69) is 15.5 Å². The van der Waals surface area contributed by atoms with Gasteiger partial charge in [-0.1, -0.05) is 24.3 Å². The fourth-order valence-corrected chi connectivity index (χ4v) is 2.32. The number of hydrogen-bond donors (Lipinski definition) is 1. The molecule has 1 N–H and O–H groups in total. The van der Waals surface area contributed by atoms with Crippen molar-refractivity contribution in [3.8, 4) is 17.1 Å². The number of carbonyl (C=O) groups excluding carboxylic acids is 1. The van der Waals surface area contributed by atoms with Gasteiger partial charge in [0.2, 0.25) is 5.91 Å². The molecule has 0 aliphatic heterocycles. The fourth-order valence-electron chi connectivity index (χ4n) is 2.32. The maximum atomic E-state index is 13.4. The summed E-state index contributed by atoms with van der Waals surface area (Å²) in [7, 11) is 1.85. The van der Waals surface area contributed by atoms with Crippen LogP contribution in [0.5, 0.6) is 5.75 Å². The topological polar surface area (TPSA) is 69.0 Å². The first-order chi connectivity index (χ1) is 12.1. The third kappa shape index (κ3) is 4.20. The largest absolute Gasteiger partial charge is 0.490 e. The minimum Gasteiger partial charge on any atom is -0.490 e. The van der Waals surface area contributed by atoms with Crippen molar-refractivity contribution in [2.24, 2.45) is 7.05 Å². The van der Waals surface area contributed by atoms with Crippen LogP contribution in [-0.4, -0.2) is 27.3 Å². The molecular weight excluding hydrogens is 323 g/mol. The second kappa shape index (κ2) is 7.57. The zero-order chi connectivity index (χ0) is 17.6. The van der Waals surface area contributed by atoms with Gasteiger partial charge in [0.1, 0.15) is 6.33 Å². The molecule has 3 aromatic rings. The van der Waals surface area contributed by atoms with Crippen molar-refractivity contribution in [1.82, 2.24) is 14.8 Å². The van der Waals surface area contributed by atoms with Crippen LogP contribution in [0.2, 0.25) is 0 Å². The van der Waals surface area contributed by atoms with Crippen molar-refractivity contribution in [3.05, 3.63) is 60.7 Å². The molecule has 6 nitrogen and oxygen atoms in total. The quantitative estimate of drug-likeness (QED) is 0.749. The Morgan fingerprint density at radius 3 is 2.84 bits per heavy atom. The third-order valence-electron chi connectivity index (χ3n) is 3.54. The first-order valence-corrected chi connectivity index (χ1v) is 7.75. The van der Waals surface area contributed by atoms with Crippen LogP contribution in [-0.2, 0) is 11.8 Å². The molecule has 0 saturated heterocycles. The van der Waals surface area contributed by atoms with Gasteiger partial charge in [-0.15, -0.1) is 10.2 Å². The van der Waals surface area contributed by atoms with Gasteiger partial charge in [-0.25, -0.2) is 4.39 Å². The summed E-state index contributed by atoms with van der Waals surface area (Å²) in [5, 5.41) is 10.7. The number of carbonyl (C=O) groups is 1. The number of aromatic nitrogens is 3. The Morgan fingerprint density at radius 2 is 2.08 bits per heavy atom. The highest BCUT2D eigenvalue weighted by atomic mass is 19.1. The van der Waals surface area contributed by atoms with Crippen molar-refractivity contribution in [2.45, 2.75) is 6.42 Å². The van der Waals surface area contributed by atoms with E-state index < -0.39 is 5.82 Å². The molecule has 128 valence electrons. The van der Waals surface area contributed by atoms with Crippen molar-refractivity contribution >= 4 is 11.6 Å². The lowest BCUT2D eigenvalue weighted by Gasteiger charge is -2.09. The number of ether oxygens (including phenoxy) is 1. The third-order valence-corrected chi connectivity index (χ3v) is 3.54. The SMILES string of the molecule is Cn1cnnc1-c1cccc(NC(=O)CCOc2ccccc2F)c1. The Hall–Kier alpha value is -3.22. The Balaban J connectivity index is 1.56. The molecule has 1 aromatic heterocycles. The number of hydrogen-bond acceptors (Lipinski definition) is 4. The van der Waals surface area contributed by atoms with Crippen molar-refractivity contribution in [1.29, 1.82) is 0 Å². The molecule has 0 saturated carbocycles. The van der Waals surface area contributed by atoms with Gasteiger partial charge in [-0.3, -0.25) is 4.79 Å². The number of rotatable bonds is 6. The monoisotopic (exact) mass is 340 g/mol. The van der Waals surface area contributed by atoms with Crippen LogP contribution in [0, 0.1) is 5.82 Å². The van der Waals surface area contributed by atoms with Gasteiger partial charge in [0.05, 0.1) is 13.0 Å². The van der Waals surface area contributed by atoms with Gasteiger partial charge < -0.3 is 14.6 Å². The number of aryl methyl sites for hydroxylation is 1. The predicted molar refractivity (Wildman–Crippen MR) is 91.6 cm³/mol. The summed E-state index contributed by atoms with van der Waals surface area (Å²) in [5.41, 5.74) is 1.50. The second-order valence-corrected chi connectivity index (χ2v) is 5.42. The molecule has 0 fully saturated rings. The van der Waals surface area contributed by atoms with Crippen LogP contribution in [0.15, 0.2) is 54.9 Å². The molecule has 0 bridgehead atoms. The minimum absolute atomic E-state index is 0.0930. The first-order valence-electron chi connectivity index (χ1n) is 7.75.